The molecule has 106 valence electrons. The van der Waals surface area contributed by atoms with Crippen LogP contribution < -0.4 is 5.32 Å². The number of ether oxygens (including phenoxy) is 1. The molecule has 1 N–H and O–H groups in total. The molecule has 5 heteroatoms. The number of likely N-dealkylation sites (N-methyl/N-ethyl adjacent to an activating group) is 1. The van der Waals surface area contributed by atoms with E-state index in [-0.39, 0.29) is 5.97 Å². The lowest BCUT2D eigenvalue weighted by Gasteiger charge is -2.30. The molecule has 1 aromatic heterocycles. The average molecular weight is 307 g/mol. The number of thiophene rings is 1. The van der Waals surface area contributed by atoms with Gasteiger partial charge >= 0.3 is 5.97 Å². The van der Waals surface area contributed by atoms with Gasteiger partial charge in [-0.15, -0.1) is 23.1 Å². The molecule has 2 rings (SSSR count). The number of carbonyl (C=O) groups excluding carboxylic acids is 1. The van der Waals surface area contributed by atoms with Crippen molar-refractivity contribution in [1.82, 2.24) is 5.32 Å². The van der Waals surface area contributed by atoms with Gasteiger partial charge in [-0.1, -0.05) is 36.4 Å². The Bertz CT molecular complexity index is 542. The van der Waals surface area contributed by atoms with Crippen LogP contribution in [0.4, 0.5) is 0 Å². The lowest BCUT2D eigenvalue weighted by molar-refractivity contribution is -0.147. The molecule has 1 aromatic carbocycles. The molecule has 0 bridgehead atoms. The molecule has 0 amide bonds. The van der Waals surface area contributed by atoms with Crippen LogP contribution in [0.5, 0.6) is 0 Å². The van der Waals surface area contributed by atoms with Crippen LogP contribution in [0.1, 0.15) is 5.56 Å². The quantitative estimate of drug-likeness (QED) is 0.657. The number of methoxy groups -OCH3 is 1. The summed E-state index contributed by atoms with van der Waals surface area (Å²) in [4.78, 5) is 12.3. The second-order valence-electron chi connectivity index (χ2n) is 4.23. The zero-order valence-electron chi connectivity index (χ0n) is 11.5. The van der Waals surface area contributed by atoms with Crippen LogP contribution in [0.15, 0.2) is 52.1 Å². The standard InChI is InChI=1S/C15H17NO2S2/c1-16-15(14(17)18-2,12-7-4-3-5-8-12)11-20-13-9-6-10-19-13/h3-10,16H,11H2,1-2H3. The van der Waals surface area contributed by atoms with Crippen LogP contribution in [0.2, 0.25) is 0 Å². The summed E-state index contributed by atoms with van der Waals surface area (Å²) in [6.45, 7) is 0. The third-order valence-electron chi connectivity index (χ3n) is 3.15. The Morgan fingerprint density at radius 2 is 2.05 bits per heavy atom. The number of rotatable bonds is 6. The maximum atomic E-state index is 12.3. The van der Waals surface area contributed by atoms with Crippen LogP contribution >= 0.6 is 23.1 Å². The van der Waals surface area contributed by atoms with Gasteiger partial charge in [0.2, 0.25) is 0 Å². The van der Waals surface area contributed by atoms with Crippen molar-refractivity contribution in [2.24, 2.45) is 0 Å². The van der Waals surface area contributed by atoms with Gasteiger partial charge < -0.3 is 10.1 Å². The van der Waals surface area contributed by atoms with Crippen LogP contribution in [0, 0.1) is 0 Å². The van der Waals surface area contributed by atoms with Crippen LogP contribution in [0.3, 0.4) is 0 Å². The number of hydrogen-bond acceptors (Lipinski definition) is 5. The van der Waals surface area contributed by atoms with Gasteiger partial charge in [-0.3, -0.25) is 0 Å². The predicted molar refractivity (Wildman–Crippen MR) is 84.2 cm³/mol. The molecule has 0 aliphatic rings. The lowest BCUT2D eigenvalue weighted by atomic mass is 9.92. The van der Waals surface area contributed by atoms with Crippen LogP contribution in [-0.2, 0) is 15.1 Å². The summed E-state index contributed by atoms with van der Waals surface area (Å²) in [5.74, 6) is 0.316. The smallest absolute Gasteiger partial charge is 0.331 e. The van der Waals surface area contributed by atoms with Gasteiger partial charge in [0.05, 0.1) is 11.3 Å². The first-order valence-electron chi connectivity index (χ1n) is 6.22. The molecule has 1 unspecified atom stereocenters. The number of carbonyl (C=O) groups is 1. The SMILES string of the molecule is CNC(CSc1cccs1)(C(=O)OC)c1ccccc1. The van der Waals surface area contributed by atoms with E-state index in [1.807, 2.05) is 41.8 Å². The highest BCUT2D eigenvalue weighted by molar-refractivity contribution is 8.01. The van der Waals surface area contributed by atoms with E-state index in [0.717, 1.165) is 5.56 Å². The third-order valence-corrected chi connectivity index (χ3v) is 5.46. The van der Waals surface area contributed by atoms with E-state index in [0.29, 0.717) is 5.75 Å². The molecular formula is C15H17NO2S2. The molecule has 1 heterocycles. The van der Waals surface area contributed by atoms with Gasteiger partial charge in [-0.2, -0.15) is 0 Å². The first kappa shape index (κ1) is 15.1. The summed E-state index contributed by atoms with van der Waals surface area (Å²) in [6.07, 6.45) is 0. The van der Waals surface area contributed by atoms with Crippen molar-refractivity contribution in [3.8, 4) is 0 Å². The van der Waals surface area contributed by atoms with Crippen molar-refractivity contribution >= 4 is 29.1 Å². The first-order valence-corrected chi connectivity index (χ1v) is 8.08. The number of esters is 1. The van der Waals surface area contributed by atoms with E-state index in [1.54, 1.807) is 30.1 Å². The van der Waals surface area contributed by atoms with Gasteiger partial charge in [0.25, 0.3) is 0 Å². The molecule has 0 saturated carbocycles. The van der Waals surface area contributed by atoms with Gasteiger partial charge in [0.15, 0.2) is 5.54 Å². The first-order chi connectivity index (χ1) is 9.73. The van der Waals surface area contributed by atoms with Crippen molar-refractivity contribution in [2.45, 2.75) is 9.75 Å². The molecule has 20 heavy (non-hydrogen) atoms. The van der Waals surface area contributed by atoms with E-state index < -0.39 is 5.54 Å². The maximum absolute atomic E-state index is 12.3. The summed E-state index contributed by atoms with van der Waals surface area (Å²) in [5, 5.41) is 5.19. The summed E-state index contributed by atoms with van der Waals surface area (Å²) in [7, 11) is 3.21. The monoisotopic (exact) mass is 307 g/mol. The highest BCUT2D eigenvalue weighted by Crippen LogP contribution is 2.32. The van der Waals surface area contributed by atoms with Crippen molar-refractivity contribution in [2.75, 3.05) is 19.9 Å². The zero-order valence-corrected chi connectivity index (χ0v) is 13.1. The van der Waals surface area contributed by atoms with E-state index in [9.17, 15) is 4.79 Å². The highest BCUT2D eigenvalue weighted by Gasteiger charge is 2.40. The van der Waals surface area contributed by atoms with Crippen molar-refractivity contribution in [1.29, 1.82) is 0 Å². The Morgan fingerprint density at radius 3 is 2.60 bits per heavy atom. The van der Waals surface area contributed by atoms with Crippen LogP contribution in [-0.4, -0.2) is 25.9 Å². The molecule has 0 aliphatic heterocycles. The van der Waals surface area contributed by atoms with Crippen molar-refractivity contribution in [3.63, 3.8) is 0 Å². The third kappa shape index (κ3) is 3.06. The Hall–Kier alpha value is -1.30. The maximum Gasteiger partial charge on any atom is 0.331 e. The number of hydrogen-bond donors (Lipinski definition) is 1. The fourth-order valence-corrected chi connectivity index (χ4v) is 4.03. The molecule has 0 saturated heterocycles. The minimum absolute atomic E-state index is 0.268. The Labute approximate surface area is 127 Å². The fraction of sp³-hybridized carbons (Fsp3) is 0.267. The van der Waals surface area contributed by atoms with Crippen LogP contribution in [0.25, 0.3) is 0 Å². The lowest BCUT2D eigenvalue weighted by Crippen LogP contribution is -2.50. The molecule has 0 radical (unpaired) electrons. The fourth-order valence-electron chi connectivity index (χ4n) is 2.00. The minimum atomic E-state index is -0.829. The van der Waals surface area contributed by atoms with E-state index in [1.165, 1.54) is 11.3 Å². The molecule has 0 fully saturated rings. The Kier molecular flexibility index (Phi) is 5.23. The summed E-state index contributed by atoms with van der Waals surface area (Å²) in [6, 6.07) is 13.8. The number of nitrogens with one attached hydrogen (secondary N) is 1. The van der Waals surface area contributed by atoms with E-state index in [2.05, 4.69) is 11.4 Å². The molecular weight excluding hydrogens is 290 g/mol. The normalized spacial score (nSPS) is 13.7. The average Bonchev–Trinajstić information content (AvgIpc) is 3.02. The molecule has 3 nitrogen and oxygen atoms in total. The molecule has 0 aliphatic carbocycles. The molecule has 0 spiro atoms. The second kappa shape index (κ2) is 6.92. The molecule has 1 atom stereocenters. The van der Waals surface area contributed by atoms with E-state index in [4.69, 9.17) is 4.74 Å². The summed E-state index contributed by atoms with van der Waals surface area (Å²) >= 11 is 3.32. The highest BCUT2D eigenvalue weighted by atomic mass is 32.2. The number of thioether (sulfide) groups is 1. The minimum Gasteiger partial charge on any atom is -0.467 e. The summed E-state index contributed by atoms with van der Waals surface area (Å²) < 4.78 is 6.20. The largest absolute Gasteiger partial charge is 0.467 e. The van der Waals surface area contributed by atoms with Gasteiger partial charge in [-0.05, 0) is 24.1 Å². The predicted octanol–water partition coefficient (Wildman–Crippen LogP) is 3.13. The van der Waals surface area contributed by atoms with Gasteiger partial charge in [-0.25, -0.2) is 4.79 Å². The Balaban J connectivity index is 2.30. The molecule has 2 aromatic rings. The van der Waals surface area contributed by atoms with Gasteiger partial charge in [0.1, 0.15) is 0 Å². The van der Waals surface area contributed by atoms with E-state index >= 15 is 0 Å². The second-order valence-corrected chi connectivity index (χ2v) is 6.46. The topological polar surface area (TPSA) is 38.3 Å². The van der Waals surface area contributed by atoms with Gasteiger partial charge in [0, 0.05) is 5.75 Å². The Morgan fingerprint density at radius 1 is 1.30 bits per heavy atom. The number of benzene rings is 1. The van der Waals surface area contributed by atoms with Crippen molar-refractivity contribution in [3.05, 3.63) is 53.4 Å². The summed E-state index contributed by atoms with van der Waals surface area (Å²) in [5.41, 5.74) is 0.0865. The zero-order chi connectivity index (χ0) is 14.4. The van der Waals surface area contributed by atoms with Crippen molar-refractivity contribution < 1.29 is 9.53 Å².